The first kappa shape index (κ1) is 18.9. The van der Waals surface area contributed by atoms with Gasteiger partial charge in [0.15, 0.2) is 0 Å². The number of methoxy groups -OCH3 is 1. The zero-order valence-corrected chi connectivity index (χ0v) is 15.7. The molecule has 0 spiro atoms. The molecule has 7 nitrogen and oxygen atoms in total. The average molecular weight is 371 g/mol. The van der Waals surface area contributed by atoms with Crippen molar-refractivity contribution < 1.29 is 19.0 Å². The molecule has 0 radical (unpaired) electrons. The molecule has 1 amide bonds. The number of hydrogen-bond acceptors (Lipinski definition) is 6. The summed E-state index contributed by atoms with van der Waals surface area (Å²) in [6, 6.07) is 7.43. The number of benzene rings is 1. The van der Waals surface area contributed by atoms with E-state index < -0.39 is 0 Å². The summed E-state index contributed by atoms with van der Waals surface area (Å²) in [5.74, 6) is 1.32. The molecule has 0 bridgehead atoms. The lowest BCUT2D eigenvalue weighted by molar-refractivity contribution is 0.0883. The van der Waals surface area contributed by atoms with Crippen molar-refractivity contribution in [3.8, 4) is 17.5 Å². The summed E-state index contributed by atoms with van der Waals surface area (Å²) in [5, 5.41) is 3.11. The van der Waals surface area contributed by atoms with Crippen molar-refractivity contribution >= 4 is 5.91 Å². The Morgan fingerprint density at radius 3 is 2.52 bits per heavy atom. The molecule has 1 N–H and O–H groups in total. The van der Waals surface area contributed by atoms with Gasteiger partial charge in [0.1, 0.15) is 11.9 Å². The maximum absolute atomic E-state index is 12.6. The minimum atomic E-state index is -0.0981. The van der Waals surface area contributed by atoms with Crippen LogP contribution in [0.4, 0.5) is 0 Å². The van der Waals surface area contributed by atoms with Crippen LogP contribution in [0.1, 0.15) is 43.0 Å². The van der Waals surface area contributed by atoms with Gasteiger partial charge in [-0.3, -0.25) is 4.79 Å². The third-order valence-corrected chi connectivity index (χ3v) is 4.55. The highest BCUT2D eigenvalue weighted by molar-refractivity contribution is 5.97. The number of hydrogen-bond donors (Lipinski definition) is 1. The van der Waals surface area contributed by atoms with Gasteiger partial charge < -0.3 is 19.5 Å². The van der Waals surface area contributed by atoms with Crippen LogP contribution in [0.2, 0.25) is 0 Å². The van der Waals surface area contributed by atoms with Crippen molar-refractivity contribution in [2.45, 2.75) is 44.8 Å². The van der Waals surface area contributed by atoms with E-state index in [1.54, 1.807) is 25.6 Å². The van der Waals surface area contributed by atoms with Gasteiger partial charge in [-0.1, -0.05) is 12.1 Å². The monoisotopic (exact) mass is 371 g/mol. The van der Waals surface area contributed by atoms with Crippen molar-refractivity contribution in [3.05, 3.63) is 42.2 Å². The molecular weight excluding hydrogens is 346 g/mol. The molecule has 7 heteroatoms. The van der Waals surface area contributed by atoms with E-state index in [-0.39, 0.29) is 18.1 Å². The highest BCUT2D eigenvalue weighted by Gasteiger charge is 2.26. The Morgan fingerprint density at radius 1 is 1.11 bits per heavy atom. The fourth-order valence-corrected chi connectivity index (χ4v) is 3.21. The van der Waals surface area contributed by atoms with E-state index >= 15 is 0 Å². The highest BCUT2D eigenvalue weighted by Crippen LogP contribution is 2.27. The number of aromatic nitrogens is 2. The van der Waals surface area contributed by atoms with E-state index in [4.69, 9.17) is 14.2 Å². The average Bonchev–Trinajstić information content (AvgIpc) is 2.70. The van der Waals surface area contributed by atoms with Gasteiger partial charge in [-0.05, 0) is 44.7 Å². The fourth-order valence-electron chi connectivity index (χ4n) is 3.21. The van der Waals surface area contributed by atoms with Crippen LogP contribution in [0, 0.1) is 0 Å². The molecule has 1 aromatic heterocycles. The Bertz CT molecular complexity index is 760. The summed E-state index contributed by atoms with van der Waals surface area (Å²) < 4.78 is 16.7. The Balaban J connectivity index is 1.53. The second-order valence-electron chi connectivity index (χ2n) is 6.36. The molecule has 2 aromatic rings. The molecule has 3 rings (SSSR count). The van der Waals surface area contributed by atoms with Crippen LogP contribution in [0.5, 0.6) is 17.5 Å². The predicted molar refractivity (Wildman–Crippen MR) is 100 cm³/mol. The lowest BCUT2D eigenvalue weighted by atomic mass is 9.92. The fraction of sp³-hybridized carbons (Fsp3) is 0.450. The van der Waals surface area contributed by atoms with Crippen molar-refractivity contribution in [1.29, 1.82) is 0 Å². The second-order valence-corrected chi connectivity index (χ2v) is 6.36. The zero-order valence-electron chi connectivity index (χ0n) is 15.7. The molecule has 1 fully saturated rings. The first-order valence-electron chi connectivity index (χ1n) is 9.25. The van der Waals surface area contributed by atoms with Crippen molar-refractivity contribution in [2.24, 2.45) is 0 Å². The van der Waals surface area contributed by atoms with Crippen LogP contribution in [0.15, 0.2) is 36.7 Å². The molecule has 0 aliphatic heterocycles. The maximum Gasteiger partial charge on any atom is 0.278 e. The summed E-state index contributed by atoms with van der Waals surface area (Å²) >= 11 is 0. The molecule has 1 heterocycles. The molecule has 0 atom stereocenters. The topological polar surface area (TPSA) is 82.6 Å². The lowest BCUT2D eigenvalue weighted by Gasteiger charge is -2.29. The van der Waals surface area contributed by atoms with Gasteiger partial charge in [-0.2, -0.15) is 0 Å². The van der Waals surface area contributed by atoms with E-state index in [0.717, 1.165) is 25.7 Å². The Hall–Kier alpha value is -2.83. The number of carbonyl (C=O) groups excluding carboxylic acids is 1. The molecule has 27 heavy (non-hydrogen) atoms. The molecular formula is C20H25N3O4. The van der Waals surface area contributed by atoms with Crippen LogP contribution in [-0.2, 0) is 0 Å². The number of carbonyl (C=O) groups is 1. The van der Waals surface area contributed by atoms with Crippen molar-refractivity contribution in [1.82, 2.24) is 15.3 Å². The predicted octanol–water partition coefficient (Wildman–Crippen LogP) is 3.00. The standard InChI is InChI=1S/C20H25N3O4/c1-3-26-17-7-5-4-6-16(17)18(24)23-14-8-10-15(11-9-14)27-20-19(25-2)21-12-13-22-20/h4-7,12-15H,3,8-11H2,1-2H3,(H,23,24). The van der Waals surface area contributed by atoms with Gasteiger partial charge in [0.05, 0.1) is 19.3 Å². The Morgan fingerprint density at radius 2 is 1.81 bits per heavy atom. The van der Waals surface area contributed by atoms with Gasteiger partial charge in [0.25, 0.3) is 17.7 Å². The molecule has 1 saturated carbocycles. The number of nitrogens with zero attached hydrogens (tertiary/aromatic N) is 2. The van der Waals surface area contributed by atoms with E-state index in [1.807, 2.05) is 25.1 Å². The molecule has 144 valence electrons. The SMILES string of the molecule is CCOc1ccccc1C(=O)NC1CCC(Oc2nccnc2OC)CC1. The summed E-state index contributed by atoms with van der Waals surface area (Å²) in [4.78, 5) is 20.9. The second kappa shape index (κ2) is 9.21. The van der Waals surface area contributed by atoms with Crippen LogP contribution >= 0.6 is 0 Å². The smallest absolute Gasteiger partial charge is 0.278 e. The van der Waals surface area contributed by atoms with Crippen LogP contribution in [-0.4, -0.2) is 41.7 Å². The number of nitrogens with one attached hydrogen (secondary N) is 1. The Kier molecular flexibility index (Phi) is 6.46. The molecule has 0 saturated heterocycles. The van der Waals surface area contributed by atoms with Gasteiger partial charge >= 0.3 is 0 Å². The van der Waals surface area contributed by atoms with Crippen LogP contribution < -0.4 is 19.5 Å². The number of amides is 1. The van der Waals surface area contributed by atoms with Crippen molar-refractivity contribution in [3.63, 3.8) is 0 Å². The van der Waals surface area contributed by atoms with E-state index in [2.05, 4.69) is 15.3 Å². The normalized spacial score (nSPS) is 19.2. The minimum absolute atomic E-state index is 0.0412. The quantitative estimate of drug-likeness (QED) is 0.806. The van der Waals surface area contributed by atoms with E-state index in [9.17, 15) is 4.79 Å². The molecule has 0 unspecified atom stereocenters. The number of para-hydroxylation sites is 1. The molecule has 1 aliphatic carbocycles. The zero-order chi connectivity index (χ0) is 19.1. The van der Waals surface area contributed by atoms with Gasteiger partial charge in [-0.25, -0.2) is 9.97 Å². The summed E-state index contributed by atoms with van der Waals surface area (Å²) in [5.41, 5.74) is 0.571. The van der Waals surface area contributed by atoms with Gasteiger partial charge in [0, 0.05) is 18.4 Å². The van der Waals surface area contributed by atoms with E-state index in [0.29, 0.717) is 29.7 Å². The summed E-state index contributed by atoms with van der Waals surface area (Å²) in [7, 11) is 1.55. The summed E-state index contributed by atoms with van der Waals surface area (Å²) in [6.07, 6.45) is 6.54. The van der Waals surface area contributed by atoms with E-state index in [1.165, 1.54) is 0 Å². The van der Waals surface area contributed by atoms with Crippen LogP contribution in [0.25, 0.3) is 0 Å². The molecule has 1 aliphatic rings. The number of rotatable bonds is 7. The van der Waals surface area contributed by atoms with Crippen LogP contribution in [0.3, 0.4) is 0 Å². The third-order valence-electron chi connectivity index (χ3n) is 4.55. The largest absolute Gasteiger partial charge is 0.493 e. The number of ether oxygens (including phenoxy) is 3. The first-order valence-corrected chi connectivity index (χ1v) is 9.25. The Labute approximate surface area is 159 Å². The highest BCUT2D eigenvalue weighted by atomic mass is 16.5. The van der Waals surface area contributed by atoms with Gasteiger partial charge in [-0.15, -0.1) is 0 Å². The minimum Gasteiger partial charge on any atom is -0.493 e. The first-order chi connectivity index (χ1) is 13.2. The lowest BCUT2D eigenvalue weighted by Crippen LogP contribution is -2.39. The maximum atomic E-state index is 12.6. The third kappa shape index (κ3) is 4.87. The van der Waals surface area contributed by atoms with Crippen molar-refractivity contribution in [2.75, 3.05) is 13.7 Å². The summed E-state index contributed by atoms with van der Waals surface area (Å²) in [6.45, 7) is 2.43. The van der Waals surface area contributed by atoms with Gasteiger partial charge in [0.2, 0.25) is 0 Å². The molecule has 1 aromatic carbocycles.